The molecule has 0 radical (unpaired) electrons. The zero-order valence-corrected chi connectivity index (χ0v) is 13.5. The molecule has 0 unspecified atom stereocenters. The van der Waals surface area contributed by atoms with Gasteiger partial charge in [-0.25, -0.2) is 0 Å². The summed E-state index contributed by atoms with van der Waals surface area (Å²) in [6.07, 6.45) is 4.56. The van der Waals surface area contributed by atoms with E-state index in [2.05, 4.69) is 41.3 Å². The van der Waals surface area contributed by atoms with Crippen LogP contribution in [0.5, 0.6) is 0 Å². The summed E-state index contributed by atoms with van der Waals surface area (Å²) in [6, 6.07) is 14.2. The molecule has 2 aromatic rings. The number of allylic oxidation sites excluding steroid dienone is 2. The van der Waals surface area contributed by atoms with Crippen molar-refractivity contribution in [3.8, 4) is 0 Å². The lowest BCUT2D eigenvalue weighted by Crippen LogP contribution is -2.40. The van der Waals surface area contributed by atoms with Gasteiger partial charge in [0, 0.05) is 16.8 Å². The van der Waals surface area contributed by atoms with Crippen molar-refractivity contribution in [1.82, 2.24) is 10.9 Å². The Morgan fingerprint density at radius 2 is 1.83 bits per heavy atom. The second-order valence-electron chi connectivity index (χ2n) is 6.02. The summed E-state index contributed by atoms with van der Waals surface area (Å²) in [7, 11) is 0. The van der Waals surface area contributed by atoms with Gasteiger partial charge < -0.3 is 10.7 Å². The molecule has 0 fully saturated rings. The molecule has 0 saturated heterocycles. The molecule has 0 aromatic heterocycles. The Labute approximate surface area is 136 Å². The highest BCUT2D eigenvalue weighted by Crippen LogP contribution is 2.23. The molecule has 4 heteroatoms. The SMILES string of the molecule is CC1=C(NNC(=O)CNc2cccc3ccccc23)CCCC1. The van der Waals surface area contributed by atoms with Crippen molar-refractivity contribution < 1.29 is 4.79 Å². The molecular formula is C19H23N3O. The Morgan fingerprint density at radius 3 is 2.70 bits per heavy atom. The van der Waals surface area contributed by atoms with Gasteiger partial charge in [-0.1, -0.05) is 42.0 Å². The molecule has 3 rings (SSSR count). The maximum atomic E-state index is 12.0. The van der Waals surface area contributed by atoms with Crippen molar-refractivity contribution in [3.63, 3.8) is 0 Å². The summed E-state index contributed by atoms with van der Waals surface area (Å²) in [6.45, 7) is 2.37. The Balaban J connectivity index is 1.56. The number of amides is 1. The van der Waals surface area contributed by atoms with Crippen LogP contribution < -0.4 is 16.2 Å². The van der Waals surface area contributed by atoms with Gasteiger partial charge in [-0.15, -0.1) is 0 Å². The molecule has 0 heterocycles. The average Bonchev–Trinajstić information content (AvgIpc) is 2.59. The quantitative estimate of drug-likeness (QED) is 0.738. The minimum atomic E-state index is -0.0659. The van der Waals surface area contributed by atoms with Crippen LogP contribution in [0.15, 0.2) is 53.7 Å². The van der Waals surface area contributed by atoms with Crippen LogP contribution in [0.25, 0.3) is 10.8 Å². The maximum Gasteiger partial charge on any atom is 0.257 e. The highest BCUT2D eigenvalue weighted by Gasteiger charge is 2.10. The number of hydrazine groups is 1. The van der Waals surface area contributed by atoms with Crippen molar-refractivity contribution in [1.29, 1.82) is 0 Å². The molecule has 120 valence electrons. The van der Waals surface area contributed by atoms with Crippen LogP contribution >= 0.6 is 0 Å². The number of anilines is 1. The molecule has 2 aromatic carbocycles. The number of benzene rings is 2. The maximum absolute atomic E-state index is 12.0. The molecule has 1 aliphatic carbocycles. The van der Waals surface area contributed by atoms with Crippen LogP contribution in [-0.2, 0) is 4.79 Å². The molecule has 0 spiro atoms. The Morgan fingerprint density at radius 1 is 1.04 bits per heavy atom. The summed E-state index contributed by atoms with van der Waals surface area (Å²) in [5.41, 5.74) is 9.36. The standard InChI is InChI=1S/C19H23N3O/c1-14-7-2-5-11-17(14)21-22-19(23)13-20-18-12-6-9-15-8-3-4-10-16(15)18/h3-4,6,8-10,12,20-21H,2,5,7,11,13H2,1H3,(H,22,23). The van der Waals surface area contributed by atoms with Gasteiger partial charge in [0.05, 0.1) is 6.54 Å². The summed E-state index contributed by atoms with van der Waals surface area (Å²) in [5.74, 6) is -0.0659. The van der Waals surface area contributed by atoms with Crippen LogP contribution in [0.2, 0.25) is 0 Å². The fraction of sp³-hybridized carbons (Fsp3) is 0.316. The second kappa shape index (κ2) is 7.18. The van der Waals surface area contributed by atoms with Gasteiger partial charge in [0.2, 0.25) is 0 Å². The first-order valence-electron chi connectivity index (χ1n) is 8.19. The number of hydrogen-bond donors (Lipinski definition) is 3. The zero-order chi connectivity index (χ0) is 16.1. The normalized spacial score (nSPS) is 14.7. The molecule has 0 atom stereocenters. The Hall–Kier alpha value is -2.49. The number of hydrogen-bond acceptors (Lipinski definition) is 3. The smallest absolute Gasteiger partial charge is 0.257 e. The van der Waals surface area contributed by atoms with E-state index in [0.717, 1.165) is 29.6 Å². The molecule has 1 amide bonds. The highest BCUT2D eigenvalue weighted by atomic mass is 16.2. The summed E-state index contributed by atoms with van der Waals surface area (Å²) in [5, 5.41) is 5.51. The fourth-order valence-electron chi connectivity index (χ4n) is 2.97. The van der Waals surface area contributed by atoms with E-state index in [4.69, 9.17) is 0 Å². The predicted octanol–water partition coefficient (Wildman–Crippen LogP) is 3.72. The second-order valence-corrected chi connectivity index (χ2v) is 6.02. The Kier molecular flexibility index (Phi) is 4.81. The van der Waals surface area contributed by atoms with Crippen LogP contribution in [-0.4, -0.2) is 12.5 Å². The van der Waals surface area contributed by atoms with Gasteiger partial charge in [-0.05, 0) is 44.1 Å². The predicted molar refractivity (Wildman–Crippen MR) is 94.9 cm³/mol. The number of carbonyl (C=O) groups excluding carboxylic acids is 1. The number of nitrogens with one attached hydrogen (secondary N) is 3. The van der Waals surface area contributed by atoms with Crippen molar-refractivity contribution in [2.24, 2.45) is 0 Å². The van der Waals surface area contributed by atoms with Gasteiger partial charge in [-0.3, -0.25) is 10.2 Å². The van der Waals surface area contributed by atoms with Gasteiger partial charge in [-0.2, -0.15) is 0 Å². The van der Waals surface area contributed by atoms with Crippen LogP contribution in [0.4, 0.5) is 5.69 Å². The molecule has 23 heavy (non-hydrogen) atoms. The lowest BCUT2D eigenvalue weighted by atomic mass is 9.98. The molecule has 1 aliphatic rings. The topological polar surface area (TPSA) is 53.2 Å². The summed E-state index contributed by atoms with van der Waals surface area (Å²) >= 11 is 0. The molecule has 4 nitrogen and oxygen atoms in total. The highest BCUT2D eigenvalue weighted by molar-refractivity contribution is 5.95. The van der Waals surface area contributed by atoms with E-state index in [-0.39, 0.29) is 12.5 Å². The third-order valence-electron chi connectivity index (χ3n) is 4.33. The third kappa shape index (κ3) is 3.83. The van der Waals surface area contributed by atoms with Gasteiger partial charge >= 0.3 is 0 Å². The number of carbonyl (C=O) groups is 1. The third-order valence-corrected chi connectivity index (χ3v) is 4.33. The van der Waals surface area contributed by atoms with Crippen LogP contribution in [0.1, 0.15) is 32.6 Å². The number of rotatable bonds is 5. The minimum Gasteiger partial charge on any atom is -0.376 e. The van der Waals surface area contributed by atoms with E-state index in [0.29, 0.717) is 0 Å². The first kappa shape index (κ1) is 15.4. The van der Waals surface area contributed by atoms with Crippen LogP contribution in [0.3, 0.4) is 0 Å². The van der Waals surface area contributed by atoms with E-state index in [1.807, 2.05) is 24.3 Å². The summed E-state index contributed by atoms with van der Waals surface area (Å²) < 4.78 is 0. The molecular weight excluding hydrogens is 286 g/mol. The molecule has 0 bridgehead atoms. The van der Waals surface area contributed by atoms with Crippen molar-refractivity contribution in [2.45, 2.75) is 32.6 Å². The van der Waals surface area contributed by atoms with E-state index in [1.54, 1.807) is 0 Å². The van der Waals surface area contributed by atoms with Gasteiger partial charge in [0.25, 0.3) is 5.91 Å². The zero-order valence-electron chi connectivity index (χ0n) is 13.5. The van der Waals surface area contributed by atoms with Crippen molar-refractivity contribution in [3.05, 3.63) is 53.7 Å². The van der Waals surface area contributed by atoms with Gasteiger partial charge in [0.15, 0.2) is 0 Å². The van der Waals surface area contributed by atoms with Crippen molar-refractivity contribution >= 4 is 22.4 Å². The monoisotopic (exact) mass is 309 g/mol. The van der Waals surface area contributed by atoms with Crippen molar-refractivity contribution in [2.75, 3.05) is 11.9 Å². The Bertz CT molecular complexity index is 731. The molecule has 0 saturated carbocycles. The lowest BCUT2D eigenvalue weighted by molar-refractivity contribution is -0.120. The first-order chi connectivity index (χ1) is 11.2. The molecule has 3 N–H and O–H groups in total. The minimum absolute atomic E-state index is 0.0659. The van der Waals surface area contributed by atoms with Crippen LogP contribution in [0, 0.1) is 0 Å². The molecule has 0 aliphatic heterocycles. The van der Waals surface area contributed by atoms with E-state index in [1.165, 1.54) is 23.8 Å². The van der Waals surface area contributed by atoms with E-state index in [9.17, 15) is 4.79 Å². The fourth-order valence-corrected chi connectivity index (χ4v) is 2.97. The summed E-state index contributed by atoms with van der Waals surface area (Å²) in [4.78, 5) is 12.0. The first-order valence-corrected chi connectivity index (χ1v) is 8.19. The lowest BCUT2D eigenvalue weighted by Gasteiger charge is -2.20. The van der Waals surface area contributed by atoms with Gasteiger partial charge in [0.1, 0.15) is 0 Å². The average molecular weight is 309 g/mol. The van der Waals surface area contributed by atoms with E-state index >= 15 is 0 Å². The number of fused-ring (bicyclic) bond motifs is 1. The van der Waals surface area contributed by atoms with E-state index < -0.39 is 0 Å². The largest absolute Gasteiger partial charge is 0.376 e.